The van der Waals surface area contributed by atoms with E-state index >= 15 is 0 Å². The molecule has 4 heterocycles. The number of fused-ring (bicyclic) bond motifs is 2. The zero-order valence-electron chi connectivity index (χ0n) is 9.89. The number of ether oxygens (including phenoxy) is 2. The molecular weight excluding hydrogens is 284 g/mol. The topological polar surface area (TPSA) is 18.5 Å². The molecule has 0 bridgehead atoms. The monoisotopic (exact) mass is 298 g/mol. The third-order valence-corrected chi connectivity index (χ3v) is 5.57. The standard InChI is InChI=1S/C7H8S2.C6H6O2S/c1-2-6-4-8-5-7(6)9-3-1;1-2-8-6-4-9-3-5(6)7-1/h4-5H,1-3H2;3-4H,1-2H2. The van der Waals surface area contributed by atoms with Crippen molar-refractivity contribution >= 4 is 34.4 Å². The maximum atomic E-state index is 5.25. The van der Waals surface area contributed by atoms with Gasteiger partial charge in [0.05, 0.1) is 0 Å². The highest BCUT2D eigenvalue weighted by atomic mass is 32.2. The molecule has 2 aromatic heterocycles. The van der Waals surface area contributed by atoms with Crippen LogP contribution in [0.1, 0.15) is 12.0 Å². The van der Waals surface area contributed by atoms with E-state index in [0.29, 0.717) is 13.2 Å². The van der Waals surface area contributed by atoms with Gasteiger partial charge in [-0.3, -0.25) is 0 Å². The van der Waals surface area contributed by atoms with Crippen LogP contribution in [0.2, 0.25) is 0 Å². The average Bonchev–Trinajstić information content (AvgIpc) is 3.08. The molecular formula is C13H14O2S3. The summed E-state index contributed by atoms with van der Waals surface area (Å²) in [6.07, 6.45) is 2.68. The molecule has 2 aliphatic heterocycles. The van der Waals surface area contributed by atoms with E-state index in [1.54, 1.807) is 16.9 Å². The number of hydrogen-bond acceptors (Lipinski definition) is 5. The van der Waals surface area contributed by atoms with Crippen molar-refractivity contribution in [2.75, 3.05) is 19.0 Å². The Morgan fingerprint density at radius 3 is 2.33 bits per heavy atom. The summed E-state index contributed by atoms with van der Waals surface area (Å²) < 4.78 is 10.5. The van der Waals surface area contributed by atoms with E-state index in [9.17, 15) is 0 Å². The third kappa shape index (κ3) is 2.84. The molecule has 2 aliphatic rings. The summed E-state index contributed by atoms with van der Waals surface area (Å²) in [6.45, 7) is 1.37. The quantitative estimate of drug-likeness (QED) is 0.722. The lowest BCUT2D eigenvalue weighted by atomic mass is 10.2. The first-order chi connectivity index (χ1) is 8.93. The molecule has 0 aromatic carbocycles. The van der Waals surface area contributed by atoms with Crippen molar-refractivity contribution in [3.63, 3.8) is 0 Å². The van der Waals surface area contributed by atoms with Crippen molar-refractivity contribution in [3.8, 4) is 11.5 Å². The third-order valence-electron chi connectivity index (χ3n) is 2.74. The fraction of sp³-hybridized carbons (Fsp3) is 0.385. The van der Waals surface area contributed by atoms with Gasteiger partial charge in [-0.05, 0) is 29.5 Å². The van der Waals surface area contributed by atoms with Gasteiger partial charge >= 0.3 is 0 Å². The Kier molecular flexibility index (Phi) is 4.13. The van der Waals surface area contributed by atoms with E-state index in [4.69, 9.17) is 9.47 Å². The van der Waals surface area contributed by atoms with Crippen molar-refractivity contribution < 1.29 is 9.47 Å². The summed E-state index contributed by atoms with van der Waals surface area (Å²) in [5, 5.41) is 8.45. The average molecular weight is 298 g/mol. The predicted molar refractivity (Wildman–Crippen MR) is 78.7 cm³/mol. The highest BCUT2D eigenvalue weighted by molar-refractivity contribution is 7.99. The summed E-state index contributed by atoms with van der Waals surface area (Å²) in [6, 6.07) is 0. The number of thiophene rings is 2. The van der Waals surface area contributed by atoms with Gasteiger partial charge in [0, 0.05) is 21.0 Å². The van der Waals surface area contributed by atoms with Crippen LogP contribution in [-0.2, 0) is 6.42 Å². The van der Waals surface area contributed by atoms with Crippen LogP contribution in [0.5, 0.6) is 11.5 Å². The van der Waals surface area contributed by atoms with Crippen LogP contribution in [0.15, 0.2) is 26.4 Å². The second kappa shape index (κ2) is 5.99. The molecule has 2 aromatic rings. The molecule has 5 heteroatoms. The van der Waals surface area contributed by atoms with Gasteiger partial charge in [0.2, 0.25) is 0 Å². The molecule has 0 saturated carbocycles. The first-order valence-electron chi connectivity index (χ1n) is 5.93. The normalized spacial score (nSPS) is 16.4. The van der Waals surface area contributed by atoms with Gasteiger partial charge in [-0.2, -0.15) is 11.3 Å². The fourth-order valence-corrected chi connectivity index (χ4v) is 4.66. The highest BCUT2D eigenvalue weighted by Crippen LogP contribution is 2.33. The lowest BCUT2D eigenvalue weighted by Gasteiger charge is -2.13. The molecule has 0 saturated heterocycles. The molecule has 0 unspecified atom stereocenters. The van der Waals surface area contributed by atoms with Gasteiger partial charge in [0.25, 0.3) is 0 Å². The van der Waals surface area contributed by atoms with Crippen LogP contribution in [0.25, 0.3) is 0 Å². The Bertz CT molecular complexity index is 417. The molecule has 0 atom stereocenters. The van der Waals surface area contributed by atoms with Gasteiger partial charge in [-0.15, -0.1) is 23.1 Å². The zero-order chi connectivity index (χ0) is 12.2. The van der Waals surface area contributed by atoms with Crippen molar-refractivity contribution in [2.45, 2.75) is 17.7 Å². The molecule has 2 nitrogen and oxygen atoms in total. The van der Waals surface area contributed by atoms with Crippen LogP contribution >= 0.6 is 34.4 Å². The minimum absolute atomic E-state index is 0.684. The number of aryl methyl sites for hydroxylation is 1. The largest absolute Gasteiger partial charge is 0.485 e. The van der Waals surface area contributed by atoms with Crippen LogP contribution in [-0.4, -0.2) is 19.0 Å². The molecule has 96 valence electrons. The molecule has 4 rings (SSSR count). The van der Waals surface area contributed by atoms with E-state index in [0.717, 1.165) is 11.5 Å². The maximum Gasteiger partial charge on any atom is 0.172 e. The fourth-order valence-electron chi connectivity index (χ4n) is 1.85. The summed E-state index contributed by atoms with van der Waals surface area (Å²) in [7, 11) is 0. The second-order valence-corrected chi connectivity index (χ2v) is 6.63. The smallest absolute Gasteiger partial charge is 0.172 e. The van der Waals surface area contributed by atoms with Crippen molar-refractivity contribution in [3.05, 3.63) is 27.1 Å². The highest BCUT2D eigenvalue weighted by Gasteiger charge is 2.10. The van der Waals surface area contributed by atoms with Crippen LogP contribution in [0.4, 0.5) is 0 Å². The molecule has 0 spiro atoms. The Labute approximate surface area is 119 Å². The second-order valence-electron chi connectivity index (χ2n) is 4.01. The summed E-state index contributed by atoms with van der Waals surface area (Å²) >= 11 is 5.45. The molecule has 0 radical (unpaired) electrons. The summed E-state index contributed by atoms with van der Waals surface area (Å²) in [5.41, 5.74) is 1.58. The van der Waals surface area contributed by atoms with E-state index in [1.165, 1.54) is 23.5 Å². The van der Waals surface area contributed by atoms with Gasteiger partial charge in [0.15, 0.2) is 11.5 Å². The van der Waals surface area contributed by atoms with Crippen LogP contribution < -0.4 is 9.47 Å². The van der Waals surface area contributed by atoms with Gasteiger partial charge < -0.3 is 9.47 Å². The van der Waals surface area contributed by atoms with E-state index in [1.807, 2.05) is 33.9 Å². The Hall–Kier alpha value is -0.650. The Morgan fingerprint density at radius 1 is 0.889 bits per heavy atom. The molecule has 0 aliphatic carbocycles. The van der Waals surface area contributed by atoms with Crippen molar-refractivity contribution in [1.82, 2.24) is 0 Å². The van der Waals surface area contributed by atoms with Crippen LogP contribution in [0, 0.1) is 0 Å². The lowest BCUT2D eigenvalue weighted by Crippen LogP contribution is -2.13. The molecule has 0 amide bonds. The molecule has 18 heavy (non-hydrogen) atoms. The molecule has 0 N–H and O–H groups in total. The summed E-state index contributed by atoms with van der Waals surface area (Å²) in [5.74, 6) is 3.11. The van der Waals surface area contributed by atoms with Crippen molar-refractivity contribution in [1.29, 1.82) is 0 Å². The lowest BCUT2D eigenvalue weighted by molar-refractivity contribution is 0.173. The predicted octanol–water partition coefficient (Wildman–Crippen LogP) is 4.31. The van der Waals surface area contributed by atoms with Gasteiger partial charge in [0.1, 0.15) is 13.2 Å². The summed E-state index contributed by atoms with van der Waals surface area (Å²) in [4.78, 5) is 1.53. The number of thioether (sulfide) groups is 1. The Morgan fingerprint density at radius 2 is 1.61 bits per heavy atom. The van der Waals surface area contributed by atoms with E-state index < -0.39 is 0 Å². The van der Waals surface area contributed by atoms with Gasteiger partial charge in [-0.25, -0.2) is 0 Å². The van der Waals surface area contributed by atoms with Crippen molar-refractivity contribution in [2.24, 2.45) is 0 Å². The minimum atomic E-state index is 0.684. The van der Waals surface area contributed by atoms with E-state index in [-0.39, 0.29) is 0 Å². The number of hydrogen-bond donors (Lipinski definition) is 0. The van der Waals surface area contributed by atoms with E-state index in [2.05, 4.69) is 10.8 Å². The minimum Gasteiger partial charge on any atom is -0.485 e. The zero-order valence-corrected chi connectivity index (χ0v) is 12.3. The van der Waals surface area contributed by atoms with Crippen LogP contribution in [0.3, 0.4) is 0 Å². The van der Waals surface area contributed by atoms with Gasteiger partial charge in [-0.1, -0.05) is 0 Å². The maximum absolute atomic E-state index is 5.25. The first kappa shape index (κ1) is 12.4. The molecule has 0 fully saturated rings. The Balaban J connectivity index is 0.000000111. The first-order valence-corrected chi connectivity index (χ1v) is 8.80. The SMILES string of the molecule is c1scc2c1CCCS2.c1scc2c1OCCO2. The number of rotatable bonds is 0.